The second-order valence-corrected chi connectivity index (χ2v) is 6.79. The number of carboxylic acid groups (broad SMARTS) is 1. The van der Waals surface area contributed by atoms with Gasteiger partial charge in [0, 0.05) is 35.8 Å². The molecule has 0 radical (unpaired) electrons. The molecule has 3 aromatic rings. The van der Waals surface area contributed by atoms with E-state index in [0.717, 1.165) is 16.3 Å². The van der Waals surface area contributed by atoms with Gasteiger partial charge in [-0.05, 0) is 29.8 Å². The first-order valence-electron chi connectivity index (χ1n) is 8.25. The van der Waals surface area contributed by atoms with Crippen molar-refractivity contribution in [2.75, 3.05) is 0 Å². The van der Waals surface area contributed by atoms with E-state index in [-0.39, 0.29) is 6.42 Å². The maximum absolute atomic E-state index is 12.4. The van der Waals surface area contributed by atoms with Crippen molar-refractivity contribution in [3.05, 3.63) is 78.0 Å². The van der Waals surface area contributed by atoms with Crippen molar-refractivity contribution in [3.8, 4) is 0 Å². The zero-order valence-electron chi connectivity index (χ0n) is 14.3. The summed E-state index contributed by atoms with van der Waals surface area (Å²) < 4.78 is 0. The number of H-pyrrole nitrogens is 1. The molecular formula is C19H18N4O3S. The highest BCUT2D eigenvalue weighted by atomic mass is 32.2. The van der Waals surface area contributed by atoms with E-state index in [0.29, 0.717) is 11.3 Å². The molecule has 2 heterocycles. The number of pyridine rings is 1. The molecule has 1 atom stereocenters. The van der Waals surface area contributed by atoms with E-state index >= 15 is 0 Å². The van der Waals surface area contributed by atoms with Gasteiger partial charge in [-0.15, -0.1) is 11.8 Å². The van der Waals surface area contributed by atoms with Gasteiger partial charge in [-0.25, -0.2) is 14.8 Å². The lowest BCUT2D eigenvalue weighted by Gasteiger charge is -2.14. The van der Waals surface area contributed by atoms with E-state index < -0.39 is 17.9 Å². The number of carbonyl (C=O) groups excluding carboxylic acids is 1. The van der Waals surface area contributed by atoms with Crippen LogP contribution in [0.4, 0.5) is 0 Å². The Balaban J connectivity index is 1.58. The lowest BCUT2D eigenvalue weighted by atomic mass is 10.1. The Bertz CT molecular complexity index is 883. The van der Waals surface area contributed by atoms with Crippen molar-refractivity contribution in [2.24, 2.45) is 0 Å². The normalized spacial score (nSPS) is 11.7. The third-order valence-electron chi connectivity index (χ3n) is 3.82. The zero-order chi connectivity index (χ0) is 19.1. The van der Waals surface area contributed by atoms with E-state index in [1.54, 1.807) is 30.1 Å². The largest absolute Gasteiger partial charge is 0.480 e. The number of imidazole rings is 1. The van der Waals surface area contributed by atoms with Crippen LogP contribution in [0.15, 0.2) is 66.2 Å². The van der Waals surface area contributed by atoms with Gasteiger partial charge in [0.15, 0.2) is 0 Å². The fourth-order valence-electron chi connectivity index (χ4n) is 2.40. The Hall–Kier alpha value is -3.13. The van der Waals surface area contributed by atoms with E-state index in [4.69, 9.17) is 0 Å². The van der Waals surface area contributed by atoms with Gasteiger partial charge >= 0.3 is 5.97 Å². The minimum Gasteiger partial charge on any atom is -0.480 e. The Morgan fingerprint density at radius 2 is 2.00 bits per heavy atom. The summed E-state index contributed by atoms with van der Waals surface area (Å²) in [6.07, 6.45) is 4.89. The number of carbonyl (C=O) groups is 2. The number of benzene rings is 1. The summed E-state index contributed by atoms with van der Waals surface area (Å²) in [5.41, 5.74) is 2.11. The van der Waals surface area contributed by atoms with Crippen LogP contribution in [0.25, 0.3) is 0 Å². The highest BCUT2D eigenvalue weighted by Gasteiger charge is 2.21. The molecule has 0 bridgehead atoms. The number of aliphatic carboxylic acids is 1. The van der Waals surface area contributed by atoms with Crippen LogP contribution in [0.3, 0.4) is 0 Å². The van der Waals surface area contributed by atoms with Gasteiger partial charge in [0.25, 0.3) is 5.91 Å². The predicted octanol–water partition coefficient (Wildman–Crippen LogP) is 2.52. The predicted molar refractivity (Wildman–Crippen MR) is 101 cm³/mol. The lowest BCUT2D eigenvalue weighted by molar-refractivity contribution is -0.139. The number of amides is 1. The molecule has 0 fully saturated rings. The van der Waals surface area contributed by atoms with Crippen LogP contribution in [0.5, 0.6) is 0 Å². The zero-order valence-corrected chi connectivity index (χ0v) is 15.1. The highest BCUT2D eigenvalue weighted by molar-refractivity contribution is 7.98. The minimum atomic E-state index is -1.10. The summed E-state index contributed by atoms with van der Waals surface area (Å²) in [6.45, 7) is 0. The van der Waals surface area contributed by atoms with Crippen molar-refractivity contribution < 1.29 is 14.7 Å². The quantitative estimate of drug-likeness (QED) is 0.517. The van der Waals surface area contributed by atoms with Crippen LogP contribution in [0, 0.1) is 0 Å². The van der Waals surface area contributed by atoms with Crippen molar-refractivity contribution in [1.29, 1.82) is 0 Å². The average Bonchev–Trinajstić information content (AvgIpc) is 3.20. The molecule has 1 amide bonds. The van der Waals surface area contributed by atoms with Gasteiger partial charge in [-0.2, -0.15) is 0 Å². The van der Waals surface area contributed by atoms with Gasteiger partial charge in [-0.3, -0.25) is 4.79 Å². The fourth-order valence-corrected chi connectivity index (χ4v) is 3.22. The Morgan fingerprint density at radius 1 is 1.19 bits per heavy atom. The molecule has 0 spiro atoms. The van der Waals surface area contributed by atoms with Crippen LogP contribution in [-0.2, 0) is 17.0 Å². The standard InChI is InChI=1S/C19H18N4O3S/c24-18(23-16(19(25)26)9-15-10-20-12-22-15)14-6-4-13(5-7-14)11-27-17-3-1-2-8-21-17/h1-8,10,12,16H,9,11H2,(H,20,22)(H,23,24)(H,25,26)/t16-/m0/s1. The molecule has 0 aliphatic heterocycles. The molecule has 27 heavy (non-hydrogen) atoms. The molecule has 138 valence electrons. The summed E-state index contributed by atoms with van der Waals surface area (Å²) in [4.78, 5) is 34.7. The lowest BCUT2D eigenvalue weighted by Crippen LogP contribution is -2.42. The number of nitrogens with zero attached hydrogens (tertiary/aromatic N) is 2. The first kappa shape index (κ1) is 18.7. The monoisotopic (exact) mass is 382 g/mol. The number of rotatable bonds is 8. The van der Waals surface area contributed by atoms with E-state index in [9.17, 15) is 14.7 Å². The molecule has 3 N–H and O–H groups in total. The van der Waals surface area contributed by atoms with Gasteiger partial charge in [0.1, 0.15) is 6.04 Å². The van der Waals surface area contributed by atoms with Crippen LogP contribution >= 0.6 is 11.8 Å². The number of carboxylic acids is 1. The molecule has 0 aliphatic rings. The summed E-state index contributed by atoms with van der Waals surface area (Å²) in [5.74, 6) is -0.789. The summed E-state index contributed by atoms with van der Waals surface area (Å²) in [6, 6.07) is 11.8. The molecule has 2 aromatic heterocycles. The van der Waals surface area contributed by atoms with Crippen LogP contribution < -0.4 is 5.32 Å². The number of aromatic nitrogens is 3. The van der Waals surface area contributed by atoms with Gasteiger partial charge in [-0.1, -0.05) is 18.2 Å². The Morgan fingerprint density at radius 3 is 2.63 bits per heavy atom. The molecular weight excluding hydrogens is 364 g/mol. The SMILES string of the molecule is O=C(N[C@@H](Cc1cnc[nH]1)C(=O)O)c1ccc(CSc2ccccn2)cc1. The molecule has 7 nitrogen and oxygen atoms in total. The second kappa shape index (κ2) is 9.00. The fraction of sp³-hybridized carbons (Fsp3) is 0.158. The first-order chi connectivity index (χ1) is 13.1. The van der Waals surface area contributed by atoms with Crippen LogP contribution in [-0.4, -0.2) is 38.0 Å². The third-order valence-corrected chi connectivity index (χ3v) is 4.84. The Labute approximate surface area is 160 Å². The smallest absolute Gasteiger partial charge is 0.326 e. The number of hydrogen-bond donors (Lipinski definition) is 3. The number of aromatic amines is 1. The topological polar surface area (TPSA) is 108 Å². The van der Waals surface area contributed by atoms with Crippen molar-refractivity contribution >= 4 is 23.6 Å². The third kappa shape index (κ3) is 5.42. The van der Waals surface area contributed by atoms with Crippen molar-refractivity contribution in [3.63, 3.8) is 0 Å². The molecule has 0 unspecified atom stereocenters. The summed E-state index contributed by atoms with van der Waals surface area (Å²) in [5, 5.41) is 12.8. The van der Waals surface area contributed by atoms with Crippen molar-refractivity contribution in [1.82, 2.24) is 20.3 Å². The molecule has 1 aromatic carbocycles. The summed E-state index contributed by atoms with van der Waals surface area (Å²) >= 11 is 1.61. The average molecular weight is 382 g/mol. The van der Waals surface area contributed by atoms with E-state index in [2.05, 4.69) is 20.3 Å². The number of nitrogens with one attached hydrogen (secondary N) is 2. The Kier molecular flexibility index (Phi) is 6.22. The molecule has 8 heteroatoms. The highest BCUT2D eigenvalue weighted by Crippen LogP contribution is 2.20. The molecule has 3 rings (SSSR count). The number of hydrogen-bond acceptors (Lipinski definition) is 5. The van der Waals surface area contributed by atoms with E-state index in [1.165, 1.54) is 12.5 Å². The van der Waals surface area contributed by atoms with E-state index in [1.807, 2.05) is 30.3 Å². The minimum absolute atomic E-state index is 0.139. The van der Waals surface area contributed by atoms with Gasteiger partial charge in [0.2, 0.25) is 0 Å². The maximum atomic E-state index is 12.4. The molecule has 0 aliphatic carbocycles. The van der Waals surface area contributed by atoms with Crippen molar-refractivity contribution in [2.45, 2.75) is 23.2 Å². The van der Waals surface area contributed by atoms with Gasteiger partial charge < -0.3 is 15.4 Å². The van der Waals surface area contributed by atoms with Crippen LogP contribution in [0.2, 0.25) is 0 Å². The second-order valence-electron chi connectivity index (χ2n) is 5.80. The van der Waals surface area contributed by atoms with Crippen LogP contribution in [0.1, 0.15) is 21.6 Å². The summed E-state index contributed by atoms with van der Waals surface area (Å²) in [7, 11) is 0. The first-order valence-corrected chi connectivity index (χ1v) is 9.24. The number of thioether (sulfide) groups is 1. The molecule has 0 saturated heterocycles. The maximum Gasteiger partial charge on any atom is 0.326 e. The molecule has 0 saturated carbocycles. The van der Waals surface area contributed by atoms with Gasteiger partial charge in [0.05, 0.1) is 11.4 Å².